The van der Waals surface area contributed by atoms with Crippen LogP contribution in [0.1, 0.15) is 10.4 Å². The SMILES string of the molecule is O=CC(=O)c1c2ccccc2c2ccc3cccc4ccc1c2c43. The minimum absolute atomic E-state index is 0.415. The Kier molecular flexibility index (Phi) is 2.54. The van der Waals surface area contributed by atoms with E-state index >= 15 is 0 Å². The van der Waals surface area contributed by atoms with Crippen LogP contribution in [-0.4, -0.2) is 12.1 Å². The second-order valence-corrected chi connectivity index (χ2v) is 6.08. The first kappa shape index (κ1) is 13.2. The Hall–Kier alpha value is -3.26. The van der Waals surface area contributed by atoms with Crippen molar-refractivity contribution >= 4 is 55.2 Å². The zero-order valence-corrected chi connectivity index (χ0v) is 12.7. The van der Waals surface area contributed by atoms with E-state index in [2.05, 4.69) is 24.3 Å². The van der Waals surface area contributed by atoms with Crippen molar-refractivity contribution in [2.45, 2.75) is 0 Å². The van der Waals surface area contributed by atoms with Gasteiger partial charge in [0.25, 0.3) is 0 Å². The average Bonchev–Trinajstić information content (AvgIpc) is 2.65. The fourth-order valence-electron chi connectivity index (χ4n) is 3.92. The molecule has 0 spiro atoms. The van der Waals surface area contributed by atoms with Crippen molar-refractivity contribution in [2.24, 2.45) is 0 Å². The van der Waals surface area contributed by atoms with Crippen LogP contribution in [0.25, 0.3) is 43.1 Å². The van der Waals surface area contributed by atoms with E-state index in [-0.39, 0.29) is 0 Å². The number of Topliss-reactive ketones (excluding diaryl/α,β-unsaturated/α-hetero) is 1. The second kappa shape index (κ2) is 4.62. The molecule has 112 valence electrons. The normalized spacial score (nSPS) is 11.7. The van der Waals surface area contributed by atoms with Gasteiger partial charge in [-0.25, -0.2) is 0 Å². The van der Waals surface area contributed by atoms with E-state index in [1.165, 1.54) is 0 Å². The largest absolute Gasteiger partial charge is 0.294 e. The molecule has 2 heteroatoms. The van der Waals surface area contributed by atoms with Crippen LogP contribution >= 0.6 is 0 Å². The molecule has 0 bridgehead atoms. The van der Waals surface area contributed by atoms with Crippen molar-refractivity contribution in [3.63, 3.8) is 0 Å². The van der Waals surface area contributed by atoms with Crippen LogP contribution in [0.4, 0.5) is 0 Å². The first-order chi connectivity index (χ1) is 11.8. The summed E-state index contributed by atoms with van der Waals surface area (Å²) < 4.78 is 0. The van der Waals surface area contributed by atoms with Crippen LogP contribution in [0, 0.1) is 0 Å². The zero-order chi connectivity index (χ0) is 16.3. The van der Waals surface area contributed by atoms with Crippen molar-refractivity contribution < 1.29 is 9.59 Å². The molecule has 0 aliphatic carbocycles. The van der Waals surface area contributed by atoms with Gasteiger partial charge in [0.05, 0.1) is 0 Å². The highest BCUT2D eigenvalue weighted by Crippen LogP contribution is 2.40. The van der Waals surface area contributed by atoms with Gasteiger partial charge in [-0.2, -0.15) is 0 Å². The van der Waals surface area contributed by atoms with E-state index in [9.17, 15) is 9.59 Å². The van der Waals surface area contributed by atoms with Gasteiger partial charge in [-0.15, -0.1) is 0 Å². The molecule has 0 aromatic heterocycles. The third-order valence-electron chi connectivity index (χ3n) is 4.89. The maximum Gasteiger partial charge on any atom is 0.226 e. The molecule has 0 saturated carbocycles. The van der Waals surface area contributed by atoms with Crippen LogP contribution in [0.5, 0.6) is 0 Å². The summed E-state index contributed by atoms with van der Waals surface area (Å²) in [5.41, 5.74) is 0.506. The first-order valence-electron chi connectivity index (χ1n) is 7.87. The van der Waals surface area contributed by atoms with E-state index in [0.717, 1.165) is 43.1 Å². The Morgan fingerprint density at radius 3 is 2.00 bits per heavy atom. The molecule has 0 unspecified atom stereocenters. The lowest BCUT2D eigenvalue weighted by Crippen LogP contribution is -2.03. The lowest BCUT2D eigenvalue weighted by molar-refractivity contribution is -0.104. The molecule has 2 nitrogen and oxygen atoms in total. The Morgan fingerprint density at radius 2 is 1.29 bits per heavy atom. The highest BCUT2D eigenvalue weighted by atomic mass is 16.2. The van der Waals surface area contributed by atoms with Crippen LogP contribution in [-0.2, 0) is 4.79 Å². The van der Waals surface area contributed by atoms with Gasteiger partial charge in [0.15, 0.2) is 6.29 Å². The van der Waals surface area contributed by atoms with Crippen LogP contribution in [0.15, 0.2) is 66.7 Å². The molecule has 0 radical (unpaired) electrons. The summed E-state index contributed by atoms with van der Waals surface area (Å²) >= 11 is 0. The summed E-state index contributed by atoms with van der Waals surface area (Å²) in [5.74, 6) is -0.468. The van der Waals surface area contributed by atoms with E-state index < -0.39 is 5.78 Å². The topological polar surface area (TPSA) is 34.1 Å². The zero-order valence-electron chi connectivity index (χ0n) is 12.7. The molecular formula is C22H12O2. The van der Waals surface area contributed by atoms with Gasteiger partial charge >= 0.3 is 0 Å². The fourth-order valence-corrected chi connectivity index (χ4v) is 3.92. The number of hydrogen-bond acceptors (Lipinski definition) is 2. The quantitative estimate of drug-likeness (QED) is 0.149. The minimum atomic E-state index is -0.468. The van der Waals surface area contributed by atoms with Gasteiger partial charge in [0.2, 0.25) is 5.78 Å². The summed E-state index contributed by atoms with van der Waals surface area (Å²) in [5, 5.41) is 8.31. The monoisotopic (exact) mass is 308 g/mol. The van der Waals surface area contributed by atoms with Crippen LogP contribution in [0.3, 0.4) is 0 Å². The minimum Gasteiger partial charge on any atom is -0.294 e. The molecule has 0 N–H and O–H groups in total. The van der Waals surface area contributed by atoms with Gasteiger partial charge in [0, 0.05) is 5.56 Å². The third kappa shape index (κ3) is 1.55. The molecule has 24 heavy (non-hydrogen) atoms. The Labute approximate surface area is 137 Å². The summed E-state index contributed by atoms with van der Waals surface area (Å²) in [4.78, 5) is 23.7. The van der Waals surface area contributed by atoms with Gasteiger partial charge in [-0.1, -0.05) is 66.7 Å². The molecule has 0 amide bonds. The highest BCUT2D eigenvalue weighted by Gasteiger charge is 2.19. The number of aldehydes is 1. The molecule has 0 atom stereocenters. The summed E-state index contributed by atoms with van der Waals surface area (Å²) in [6.07, 6.45) is 0.415. The Balaban J connectivity index is 2.21. The van der Waals surface area contributed by atoms with E-state index in [1.54, 1.807) is 0 Å². The van der Waals surface area contributed by atoms with Crippen molar-refractivity contribution in [3.8, 4) is 0 Å². The molecule has 5 aromatic carbocycles. The molecule has 0 fully saturated rings. The Morgan fingerprint density at radius 1 is 0.625 bits per heavy atom. The number of carbonyl (C=O) groups excluding carboxylic acids is 2. The maximum absolute atomic E-state index is 12.4. The van der Waals surface area contributed by atoms with Crippen LogP contribution in [0.2, 0.25) is 0 Å². The van der Waals surface area contributed by atoms with Crippen LogP contribution < -0.4 is 0 Å². The standard InChI is InChI=1S/C22H12O2/c23-12-19(24)21-16-7-2-1-6-15(16)17-10-8-13-4-3-5-14-9-11-18(21)22(17)20(13)14/h1-12H. The molecule has 0 saturated heterocycles. The number of rotatable bonds is 2. The van der Waals surface area contributed by atoms with Gasteiger partial charge in [-0.3, -0.25) is 9.59 Å². The predicted molar refractivity (Wildman–Crippen MR) is 98.0 cm³/mol. The smallest absolute Gasteiger partial charge is 0.226 e. The molecule has 0 heterocycles. The number of benzene rings is 5. The number of carbonyl (C=O) groups is 2. The van der Waals surface area contributed by atoms with E-state index in [1.807, 2.05) is 42.5 Å². The lowest BCUT2D eigenvalue weighted by Gasteiger charge is -2.16. The number of hydrogen-bond donors (Lipinski definition) is 0. The van der Waals surface area contributed by atoms with Crippen molar-refractivity contribution in [1.29, 1.82) is 0 Å². The number of ketones is 1. The number of fused-ring (bicyclic) bond motifs is 2. The average molecular weight is 308 g/mol. The first-order valence-corrected chi connectivity index (χ1v) is 7.87. The highest BCUT2D eigenvalue weighted by molar-refractivity contribution is 6.43. The fraction of sp³-hybridized carbons (Fsp3) is 0. The van der Waals surface area contributed by atoms with Gasteiger partial charge in [0.1, 0.15) is 0 Å². The third-order valence-corrected chi connectivity index (χ3v) is 4.89. The second-order valence-electron chi connectivity index (χ2n) is 6.08. The van der Waals surface area contributed by atoms with Crippen molar-refractivity contribution in [3.05, 3.63) is 72.3 Å². The summed E-state index contributed by atoms with van der Waals surface area (Å²) in [6, 6.07) is 22.2. The van der Waals surface area contributed by atoms with Crippen molar-refractivity contribution in [2.75, 3.05) is 0 Å². The maximum atomic E-state index is 12.4. The van der Waals surface area contributed by atoms with E-state index in [0.29, 0.717) is 11.8 Å². The summed E-state index contributed by atoms with van der Waals surface area (Å²) in [6.45, 7) is 0. The molecular weight excluding hydrogens is 296 g/mol. The predicted octanol–water partition coefficient (Wildman–Crippen LogP) is 5.12. The Bertz CT molecular complexity index is 1270. The molecule has 0 aliphatic rings. The molecule has 5 aromatic rings. The van der Waals surface area contributed by atoms with Gasteiger partial charge in [-0.05, 0) is 43.1 Å². The van der Waals surface area contributed by atoms with Crippen molar-refractivity contribution in [1.82, 2.24) is 0 Å². The van der Waals surface area contributed by atoms with Gasteiger partial charge < -0.3 is 0 Å². The lowest BCUT2D eigenvalue weighted by atomic mass is 9.87. The molecule has 5 rings (SSSR count). The summed E-state index contributed by atoms with van der Waals surface area (Å²) in [7, 11) is 0. The molecule has 0 aliphatic heterocycles. The van der Waals surface area contributed by atoms with E-state index in [4.69, 9.17) is 0 Å².